The fourth-order valence-corrected chi connectivity index (χ4v) is 3.83. The summed E-state index contributed by atoms with van der Waals surface area (Å²) in [6, 6.07) is -0.390. The second-order valence-corrected chi connectivity index (χ2v) is 11.9. The van der Waals surface area contributed by atoms with E-state index in [1.54, 1.807) is 19.9 Å². The van der Waals surface area contributed by atoms with Crippen LogP contribution in [-0.4, -0.2) is 86.7 Å². The van der Waals surface area contributed by atoms with Gasteiger partial charge >= 0.3 is 158 Å². The van der Waals surface area contributed by atoms with Crippen LogP contribution in [0.1, 0.15) is 26.7 Å². The number of amides is 3. The summed E-state index contributed by atoms with van der Waals surface area (Å²) in [6.07, 6.45) is 7.47. The van der Waals surface area contributed by atoms with Crippen molar-refractivity contribution >= 4 is 49.8 Å². The molecule has 0 aromatic carbocycles. The minimum Gasteiger partial charge on any atom is -0.480 e. The quantitative estimate of drug-likeness (QED) is 0.0990. The summed E-state index contributed by atoms with van der Waals surface area (Å²) in [5, 5.41) is 8.90. The average molecular weight is 579 g/mol. The van der Waals surface area contributed by atoms with Gasteiger partial charge in [-0.05, 0) is 6.08 Å². The summed E-state index contributed by atoms with van der Waals surface area (Å²) in [5.41, 5.74) is 0. The number of carbonyl (C=O) groups excluding carboxylic acids is 4. The van der Waals surface area contributed by atoms with E-state index in [1.165, 1.54) is 23.1 Å². The predicted octanol–water partition coefficient (Wildman–Crippen LogP) is 1.56. The Morgan fingerprint density at radius 1 is 1.09 bits per heavy atom. The Labute approximate surface area is 202 Å². The molecule has 0 fully saturated rings. The van der Waals surface area contributed by atoms with Crippen molar-refractivity contribution in [1.82, 2.24) is 13.3 Å². The van der Waals surface area contributed by atoms with Crippen LogP contribution in [0.5, 0.6) is 0 Å². The van der Waals surface area contributed by atoms with Crippen molar-refractivity contribution in [3.8, 4) is 0 Å². The van der Waals surface area contributed by atoms with Gasteiger partial charge in [0, 0.05) is 0 Å². The van der Waals surface area contributed by atoms with Crippen LogP contribution in [0.2, 0.25) is 0 Å². The van der Waals surface area contributed by atoms with Gasteiger partial charge < -0.3 is 10.0 Å². The topological polar surface area (TPSA) is 133 Å². The van der Waals surface area contributed by atoms with Gasteiger partial charge in [-0.25, -0.2) is 0 Å². The number of ether oxygens (including phenoxy) is 1. The zero-order valence-corrected chi connectivity index (χ0v) is 21.7. The molecule has 0 aromatic rings. The zero-order valence-electron chi connectivity index (χ0n) is 19.6. The maximum Gasteiger partial charge on any atom is 0.323 e. The molecule has 0 rings (SSSR count). The molecule has 0 spiro atoms. The first kappa shape index (κ1) is 30.3. The number of nitrogens with zero attached hydrogens (tertiary/aromatic N) is 2. The average Bonchev–Trinajstić information content (AvgIpc) is 2.72. The van der Waals surface area contributed by atoms with E-state index in [9.17, 15) is 24.0 Å². The molecular weight excluding hydrogens is 545 g/mol. The van der Waals surface area contributed by atoms with Gasteiger partial charge in [0.25, 0.3) is 0 Å². The van der Waals surface area contributed by atoms with Gasteiger partial charge in [0.15, 0.2) is 0 Å². The maximum absolute atomic E-state index is 12.7. The van der Waals surface area contributed by atoms with Crippen molar-refractivity contribution in [3.05, 3.63) is 37.0 Å². The molecule has 0 bridgehead atoms. The van der Waals surface area contributed by atoms with Gasteiger partial charge in [-0.2, -0.15) is 0 Å². The number of esters is 1. The van der Waals surface area contributed by atoms with Crippen molar-refractivity contribution in [2.75, 3.05) is 36.1 Å². The summed E-state index contributed by atoms with van der Waals surface area (Å²) >= 11 is -1.41. The minimum atomic E-state index is -1.41. The normalized spacial score (nSPS) is 12.2. The van der Waals surface area contributed by atoms with Crippen molar-refractivity contribution in [1.29, 1.82) is 0 Å². The summed E-state index contributed by atoms with van der Waals surface area (Å²) in [5.74, 6) is -2.85. The number of carbonyl (C=O) groups is 5. The van der Waals surface area contributed by atoms with E-state index in [1.807, 2.05) is 9.86 Å². The number of aliphatic carboxylic acids is 1. The van der Waals surface area contributed by atoms with Gasteiger partial charge in [0.1, 0.15) is 6.54 Å². The van der Waals surface area contributed by atoms with E-state index < -0.39 is 50.4 Å². The number of halogens is 1. The summed E-state index contributed by atoms with van der Waals surface area (Å²) < 4.78 is 7.83. The molecule has 0 aliphatic rings. The predicted molar refractivity (Wildman–Crippen MR) is 134 cm³/mol. The third kappa shape index (κ3) is 14.1. The molecule has 1 atom stereocenters. The monoisotopic (exact) mass is 579 g/mol. The smallest absolute Gasteiger partial charge is 0.323 e. The Kier molecular flexibility index (Phi) is 15.5. The summed E-state index contributed by atoms with van der Waals surface area (Å²) in [4.78, 5) is 65.5. The molecule has 0 saturated heterocycles. The number of hydrogen-bond donors (Lipinski definition) is 2. The van der Waals surface area contributed by atoms with Crippen molar-refractivity contribution in [3.63, 3.8) is 0 Å². The molecule has 0 aliphatic heterocycles. The van der Waals surface area contributed by atoms with E-state index in [4.69, 9.17) is 9.84 Å². The SMILES string of the molecule is C=CC(=O)N(CC/C=C/C(=O)N(CC(=O)OCC)C(C)C/C=C/C(=O)NI(C)C)CC(=O)O. The minimum absolute atomic E-state index is 0.0891. The van der Waals surface area contributed by atoms with Crippen molar-refractivity contribution in [2.45, 2.75) is 32.7 Å². The summed E-state index contributed by atoms with van der Waals surface area (Å²) in [7, 11) is 0. The first-order valence-corrected chi connectivity index (χ1v) is 15.6. The van der Waals surface area contributed by atoms with Crippen LogP contribution in [0.3, 0.4) is 0 Å². The number of alkyl halides is 2. The first-order valence-electron chi connectivity index (χ1n) is 10.2. The molecule has 33 heavy (non-hydrogen) atoms. The fourth-order valence-electron chi connectivity index (χ4n) is 2.58. The Bertz CT molecular complexity index is 765. The van der Waals surface area contributed by atoms with Gasteiger partial charge in [0.2, 0.25) is 5.91 Å². The van der Waals surface area contributed by atoms with Crippen LogP contribution >= 0.6 is 20.1 Å². The van der Waals surface area contributed by atoms with E-state index in [2.05, 4.69) is 10.1 Å². The molecule has 0 aliphatic carbocycles. The van der Waals surface area contributed by atoms with E-state index in [0.29, 0.717) is 6.42 Å². The number of rotatable bonds is 15. The molecule has 0 aromatic heterocycles. The molecule has 0 radical (unpaired) electrons. The maximum atomic E-state index is 12.7. The summed E-state index contributed by atoms with van der Waals surface area (Å²) in [6.45, 7) is 6.31. The largest absolute Gasteiger partial charge is 0.480 e. The Morgan fingerprint density at radius 3 is 2.30 bits per heavy atom. The van der Waals surface area contributed by atoms with Crippen LogP contribution in [0.25, 0.3) is 0 Å². The second-order valence-electron chi connectivity index (χ2n) is 7.02. The van der Waals surface area contributed by atoms with Crippen LogP contribution in [0.4, 0.5) is 0 Å². The van der Waals surface area contributed by atoms with Gasteiger partial charge in [0.05, 0.1) is 0 Å². The molecular formula is C22H34IN3O7. The van der Waals surface area contributed by atoms with Gasteiger partial charge in [-0.15, -0.1) is 0 Å². The molecule has 1 unspecified atom stereocenters. The van der Waals surface area contributed by atoms with Crippen LogP contribution in [-0.2, 0) is 28.7 Å². The van der Waals surface area contributed by atoms with E-state index >= 15 is 0 Å². The number of hydrogen-bond acceptors (Lipinski definition) is 6. The molecule has 3 amide bonds. The molecule has 186 valence electrons. The number of nitrogens with one attached hydrogen (secondary N) is 1. The van der Waals surface area contributed by atoms with Crippen LogP contribution < -0.4 is 3.53 Å². The standard InChI is InChI=1S/C22H34IN3O7/c1-6-19(28)25(15-21(30)31)14-9-8-13-20(29)26(16-22(32)33-7-2)17(3)11-10-12-18(27)24-23(4)5/h6,8,10,12-13,17H,1,7,9,11,14-16H2,2-5H3,(H,24,27)(H,30,31)/b12-10+,13-8+. The van der Waals surface area contributed by atoms with Crippen LogP contribution in [0.15, 0.2) is 37.0 Å². The molecule has 2 N–H and O–H groups in total. The van der Waals surface area contributed by atoms with Gasteiger partial charge in [-0.1, -0.05) is 6.58 Å². The Balaban J connectivity index is 5.14. The fraction of sp³-hybridized carbons (Fsp3) is 0.500. The van der Waals surface area contributed by atoms with Crippen molar-refractivity contribution < 1.29 is 33.8 Å². The zero-order chi connectivity index (χ0) is 25.4. The van der Waals surface area contributed by atoms with Crippen LogP contribution in [0, 0.1) is 0 Å². The third-order valence-corrected chi connectivity index (χ3v) is 5.70. The molecule has 10 nitrogen and oxygen atoms in total. The Morgan fingerprint density at radius 2 is 1.76 bits per heavy atom. The molecule has 11 heteroatoms. The second kappa shape index (κ2) is 16.9. The molecule has 0 saturated carbocycles. The van der Waals surface area contributed by atoms with Crippen molar-refractivity contribution in [2.24, 2.45) is 0 Å². The first-order chi connectivity index (χ1) is 15.5. The molecule has 0 heterocycles. The van der Waals surface area contributed by atoms with E-state index in [-0.39, 0.29) is 38.1 Å². The number of carboxylic acids is 1. The van der Waals surface area contributed by atoms with E-state index in [0.717, 1.165) is 11.0 Å². The third-order valence-electron chi connectivity index (χ3n) is 4.09. The number of carboxylic acid groups (broad SMARTS) is 1. The Hall–Kier alpha value is -2.70. The van der Waals surface area contributed by atoms with Gasteiger partial charge in [-0.3, -0.25) is 9.59 Å².